The maximum Gasteiger partial charge on any atom is 0.489 e. The highest BCUT2D eigenvalue weighted by atomic mass is 79.9. The van der Waals surface area contributed by atoms with E-state index in [4.69, 9.17) is 56.1 Å². The van der Waals surface area contributed by atoms with Crippen LogP contribution < -0.4 is 25.4 Å². The highest BCUT2D eigenvalue weighted by Gasteiger charge is 2.15. The van der Waals surface area contributed by atoms with Crippen LogP contribution in [-0.4, -0.2) is 68.6 Å². The predicted octanol–water partition coefficient (Wildman–Crippen LogP) is 17.4. The van der Waals surface area contributed by atoms with Gasteiger partial charge >= 0.3 is 7.12 Å². The van der Waals surface area contributed by atoms with Gasteiger partial charge in [0.1, 0.15) is 4.60 Å². The molecule has 1 aliphatic rings. The van der Waals surface area contributed by atoms with Crippen LogP contribution >= 0.6 is 47.8 Å². The number of halogens is 3. The number of nitrogens with zero attached hydrogens (tertiary/aromatic N) is 8. The summed E-state index contributed by atoms with van der Waals surface area (Å²) in [6, 6.07) is 59.5. The van der Waals surface area contributed by atoms with Crippen LogP contribution in [0.5, 0.6) is 17.6 Å². The van der Waals surface area contributed by atoms with E-state index in [0.29, 0.717) is 81.4 Å². The molecule has 11 rings (SSSR count). The Morgan fingerprint density at radius 3 is 1.24 bits per heavy atom. The van der Waals surface area contributed by atoms with Crippen molar-refractivity contribution < 1.29 is 29.4 Å². The first-order valence-electron chi connectivity index (χ1n) is 30.4. The third-order valence-corrected chi connectivity index (χ3v) is 15.1. The van der Waals surface area contributed by atoms with Crippen molar-refractivity contribution in [2.24, 2.45) is 0 Å². The van der Waals surface area contributed by atoms with E-state index in [-0.39, 0.29) is 6.61 Å². The first-order valence-corrected chi connectivity index (χ1v) is 32.7. The molecule has 0 spiro atoms. The first kappa shape index (κ1) is 74.7. The monoisotopic (exact) mass is 1430 g/mol. The molecule has 0 unspecified atom stereocenters. The van der Waals surface area contributed by atoms with Gasteiger partial charge in [-0.2, -0.15) is 21.0 Å². The molecule has 0 amide bonds. The summed E-state index contributed by atoms with van der Waals surface area (Å²) in [5.74, 6) is 1.77. The van der Waals surface area contributed by atoms with E-state index in [1.807, 2.05) is 122 Å². The van der Waals surface area contributed by atoms with Crippen LogP contribution in [-0.2, 0) is 0 Å². The Morgan fingerprint density at radius 1 is 0.452 bits per heavy atom. The van der Waals surface area contributed by atoms with Crippen molar-refractivity contribution in [1.82, 2.24) is 19.9 Å². The van der Waals surface area contributed by atoms with Gasteiger partial charge in [0.2, 0.25) is 17.6 Å². The van der Waals surface area contributed by atoms with E-state index in [1.165, 1.54) is 47.6 Å². The minimum absolute atomic E-state index is 0.133. The molecular weight excluding hydrogens is 1360 g/mol. The molecule has 0 saturated carbocycles. The predicted molar refractivity (Wildman–Crippen MR) is 384 cm³/mol. The Bertz CT molecular complexity index is 3870. The number of aromatic nitrogens is 4. The summed E-state index contributed by atoms with van der Waals surface area (Å²) >= 11 is 9.75. The Kier molecular flexibility index (Phi) is 35.1. The maximum absolute atomic E-state index is 9.17. The van der Waals surface area contributed by atoms with Crippen molar-refractivity contribution in [1.29, 1.82) is 21.0 Å². The molecule has 10 aromatic rings. The molecule has 0 fully saturated rings. The number of nitrogen functional groups attached to an aromatic ring is 1. The number of hydrogen-bond acceptors (Lipinski definition) is 15. The Hall–Kier alpha value is -9.02. The largest absolute Gasteiger partial charge is 0.489 e. The summed E-state index contributed by atoms with van der Waals surface area (Å²) < 4.78 is 19.1. The molecule has 19 heteroatoms. The standard InChI is InChI=1S/C20H18N2O.C19H17N3O.C11H11BO2.C9H9BrN2O.C6H10.C5H3Br2N.C4H7NO/c1-15-8-10-18(19-7-3-2-6-17(15)19)16-9-11-20(22-14-16)23-13-5-4-12-21;20-11-3-4-12-23-19-10-7-14(13-22-19)15-8-9-18(21)17-6-2-1-5-16(15)17;1-8-6-7-11(12(13)14)10-5-3-2-4-9(8)10;10-8-3-4-9(12-7-8)13-6-2-1-5-11;1-2-4-6-5-3-1;6-4-1-2-5(7)8-3-4;5-3-1-2-4-6/h2-3,6-11,14H,4-5,13H2,1H3;1-2,5-10,13H,3-4,12,21H2;2-7,13-14H,1H3;3-4,7H,1-2,6H2;1-2H,3-6H2;1-3H;6H,1-2,4H2. The van der Waals surface area contributed by atoms with Crippen LogP contribution in [0, 0.1) is 59.2 Å². The summed E-state index contributed by atoms with van der Waals surface area (Å²) in [6.07, 6.45) is 21.9. The molecule has 0 radical (unpaired) electrons. The molecule has 476 valence electrons. The Balaban J connectivity index is 0.000000208. The zero-order valence-electron chi connectivity index (χ0n) is 52.2. The number of aryl methyl sites for hydroxylation is 2. The second-order valence-electron chi connectivity index (χ2n) is 20.6. The highest BCUT2D eigenvalue weighted by molar-refractivity contribution is 9.11. The minimum Gasteiger partial charge on any atom is -0.478 e. The fourth-order valence-corrected chi connectivity index (χ4v) is 9.63. The van der Waals surface area contributed by atoms with Crippen molar-refractivity contribution in [3.05, 3.63) is 219 Å². The molecule has 15 nitrogen and oxygen atoms in total. The Labute approximate surface area is 571 Å². The van der Waals surface area contributed by atoms with E-state index in [2.05, 4.69) is 147 Å². The van der Waals surface area contributed by atoms with Gasteiger partial charge in [-0.05, 0) is 204 Å². The number of nitriles is 4. The number of rotatable bonds is 17. The van der Waals surface area contributed by atoms with Crippen LogP contribution in [0.2, 0.25) is 0 Å². The van der Waals surface area contributed by atoms with Crippen molar-refractivity contribution in [3.8, 4) is 64.2 Å². The van der Waals surface area contributed by atoms with Gasteiger partial charge in [-0.25, -0.2) is 19.9 Å². The summed E-state index contributed by atoms with van der Waals surface area (Å²) in [5, 5.41) is 66.1. The van der Waals surface area contributed by atoms with Gasteiger partial charge < -0.3 is 35.1 Å². The molecule has 93 heavy (non-hydrogen) atoms. The average Bonchev–Trinajstić information content (AvgIpc) is 0.895. The lowest BCUT2D eigenvalue weighted by atomic mass is 9.76. The number of fused-ring (bicyclic) bond motifs is 3. The lowest BCUT2D eigenvalue weighted by molar-refractivity contribution is 0.290. The fraction of sp³-hybridized carbons (Fsp3) is 0.243. The molecule has 1 aliphatic carbocycles. The number of benzene rings is 6. The molecule has 0 bridgehead atoms. The second kappa shape index (κ2) is 43.7. The van der Waals surface area contributed by atoms with Gasteiger partial charge in [0.05, 0.1) is 44.1 Å². The Morgan fingerprint density at radius 2 is 0.849 bits per heavy atom. The molecule has 4 heterocycles. The smallest absolute Gasteiger partial charge is 0.478 e. The summed E-state index contributed by atoms with van der Waals surface area (Å²) in [7, 11) is -1.40. The number of allylic oxidation sites excluding steroid dienone is 2. The number of anilines is 1. The van der Waals surface area contributed by atoms with E-state index in [1.54, 1.807) is 30.7 Å². The number of aliphatic hydroxyl groups is 1. The van der Waals surface area contributed by atoms with Crippen molar-refractivity contribution in [3.63, 3.8) is 0 Å². The van der Waals surface area contributed by atoms with Gasteiger partial charge in [0.25, 0.3) is 0 Å². The SMILES string of the molecule is Brc1ccc(Br)nc1.C1=CCCCC1.Cc1ccc(-c2ccc(OCCCC#N)nc2)c2ccccc12.Cc1ccc(B(O)O)c2ccccc12.N#CCCCO.N#CCCCOc1ccc(-c2ccc(N)c3ccccc23)cn1.N#CCCCOc1ccc(Br)cn1. The minimum atomic E-state index is -1.40. The first-order chi connectivity index (χ1) is 45.3. The molecule has 5 N–H and O–H groups in total. The molecule has 0 saturated heterocycles. The third-order valence-electron chi connectivity index (χ3n) is 13.7. The van der Waals surface area contributed by atoms with Gasteiger partial charge in [-0.15, -0.1) is 0 Å². The number of aliphatic hydroxyl groups excluding tert-OH is 1. The lowest BCUT2D eigenvalue weighted by Crippen LogP contribution is -2.30. The summed E-state index contributed by atoms with van der Waals surface area (Å²) in [4.78, 5) is 16.7. The summed E-state index contributed by atoms with van der Waals surface area (Å²) in [5.41, 5.74) is 14.2. The number of pyridine rings is 4. The molecule has 6 aromatic carbocycles. The average molecular weight is 1440 g/mol. The zero-order valence-corrected chi connectivity index (χ0v) is 57.0. The zero-order chi connectivity index (χ0) is 66.8. The quantitative estimate of drug-likeness (QED) is 0.0217. The van der Waals surface area contributed by atoms with Crippen LogP contribution in [0.1, 0.15) is 88.2 Å². The van der Waals surface area contributed by atoms with E-state index >= 15 is 0 Å². The normalized spacial score (nSPS) is 10.7. The summed E-state index contributed by atoms with van der Waals surface area (Å²) in [6.45, 7) is 5.84. The van der Waals surface area contributed by atoms with Crippen molar-refractivity contribution in [2.75, 3.05) is 32.2 Å². The van der Waals surface area contributed by atoms with Crippen molar-refractivity contribution >= 4 is 98.4 Å². The molecule has 0 aliphatic heterocycles. The van der Waals surface area contributed by atoms with Gasteiger partial charge in [-0.1, -0.05) is 115 Å². The van der Waals surface area contributed by atoms with Gasteiger partial charge in [0.15, 0.2) is 0 Å². The lowest BCUT2D eigenvalue weighted by Gasteiger charge is -2.10. The van der Waals surface area contributed by atoms with Crippen molar-refractivity contribution in [2.45, 2.75) is 90.9 Å². The second-order valence-corrected chi connectivity index (χ2v) is 23.2. The number of unbranched alkanes of at least 4 members (excludes halogenated alkanes) is 4. The van der Waals surface area contributed by atoms with Crippen LogP contribution in [0.25, 0.3) is 54.6 Å². The van der Waals surface area contributed by atoms with Gasteiger partial charge in [0, 0.05) is 106 Å². The van der Waals surface area contributed by atoms with E-state index < -0.39 is 7.12 Å². The highest BCUT2D eigenvalue weighted by Crippen LogP contribution is 2.33. The maximum atomic E-state index is 9.17. The van der Waals surface area contributed by atoms with E-state index in [9.17, 15) is 0 Å². The van der Waals surface area contributed by atoms with Crippen LogP contribution in [0.3, 0.4) is 0 Å². The number of ether oxygens (including phenoxy) is 3. The van der Waals surface area contributed by atoms with E-state index in [0.717, 1.165) is 75.9 Å². The number of hydrogen-bond donors (Lipinski definition) is 4. The topological polar surface area (TPSA) is 261 Å². The fourth-order valence-electron chi connectivity index (χ4n) is 8.93. The number of nitrogens with two attached hydrogens (primary N) is 1. The van der Waals surface area contributed by atoms with Crippen LogP contribution in [0.15, 0.2) is 208 Å². The third kappa shape index (κ3) is 27.0. The molecule has 0 atom stereocenters. The molecular formula is C74H75BBr3N9O6. The van der Waals surface area contributed by atoms with Crippen LogP contribution in [0.4, 0.5) is 5.69 Å². The van der Waals surface area contributed by atoms with Gasteiger partial charge in [-0.3, -0.25) is 0 Å². The molecule has 4 aromatic heterocycles.